The zero-order valence-electron chi connectivity index (χ0n) is 18.4. The van der Waals surface area contributed by atoms with E-state index < -0.39 is 0 Å². The van der Waals surface area contributed by atoms with Gasteiger partial charge in [-0.05, 0) is 67.6 Å². The second kappa shape index (κ2) is 9.70. The van der Waals surface area contributed by atoms with E-state index in [9.17, 15) is 9.59 Å². The predicted molar refractivity (Wildman–Crippen MR) is 127 cm³/mol. The standard InChI is InChI=1S/C25H28N4O3/c1-3-28-12-14-29(15-13-28)21-10-8-20(9-11-21)26-24(30)19-7-6-18(2)22(17-19)27-25(31)23-5-4-16-32-23/h4-11,16-17H,3,12-15H2,1-2H3,(H,26,30)(H,27,31). The van der Waals surface area contributed by atoms with Crippen LogP contribution in [0.15, 0.2) is 65.3 Å². The van der Waals surface area contributed by atoms with Crippen molar-refractivity contribution < 1.29 is 14.0 Å². The van der Waals surface area contributed by atoms with Gasteiger partial charge in [-0.3, -0.25) is 9.59 Å². The number of piperazine rings is 1. The molecule has 0 atom stereocenters. The van der Waals surface area contributed by atoms with Crippen LogP contribution in [0.25, 0.3) is 0 Å². The normalized spacial score (nSPS) is 14.2. The van der Waals surface area contributed by atoms with Gasteiger partial charge in [0.1, 0.15) is 0 Å². The van der Waals surface area contributed by atoms with Crippen LogP contribution in [0.2, 0.25) is 0 Å². The monoisotopic (exact) mass is 432 g/mol. The molecule has 0 aliphatic carbocycles. The second-order valence-corrected chi connectivity index (χ2v) is 7.88. The van der Waals surface area contributed by atoms with Crippen molar-refractivity contribution in [1.29, 1.82) is 0 Å². The molecule has 0 unspecified atom stereocenters. The molecule has 2 aromatic carbocycles. The highest BCUT2D eigenvalue weighted by Gasteiger charge is 2.16. The Morgan fingerprint density at radius 3 is 2.34 bits per heavy atom. The van der Waals surface area contributed by atoms with Gasteiger partial charge < -0.3 is 24.9 Å². The van der Waals surface area contributed by atoms with Gasteiger partial charge in [0.2, 0.25) is 0 Å². The van der Waals surface area contributed by atoms with Gasteiger partial charge in [-0.2, -0.15) is 0 Å². The molecule has 4 rings (SSSR count). The Morgan fingerprint density at radius 2 is 1.69 bits per heavy atom. The SMILES string of the molecule is CCN1CCN(c2ccc(NC(=O)c3ccc(C)c(NC(=O)c4ccco4)c3)cc2)CC1. The lowest BCUT2D eigenvalue weighted by Gasteiger charge is -2.35. The fourth-order valence-corrected chi connectivity index (χ4v) is 3.77. The number of rotatable bonds is 6. The van der Waals surface area contributed by atoms with E-state index in [1.54, 1.807) is 24.3 Å². The van der Waals surface area contributed by atoms with Crippen molar-refractivity contribution in [2.75, 3.05) is 48.3 Å². The number of carbonyl (C=O) groups is 2. The first-order chi connectivity index (χ1) is 15.5. The molecule has 166 valence electrons. The quantitative estimate of drug-likeness (QED) is 0.609. The first-order valence-corrected chi connectivity index (χ1v) is 10.9. The Kier molecular flexibility index (Phi) is 6.56. The van der Waals surface area contributed by atoms with Crippen LogP contribution in [0.1, 0.15) is 33.4 Å². The molecule has 0 bridgehead atoms. The third-order valence-electron chi connectivity index (χ3n) is 5.80. The first-order valence-electron chi connectivity index (χ1n) is 10.9. The highest BCUT2D eigenvalue weighted by atomic mass is 16.3. The Labute approximate surface area is 188 Å². The summed E-state index contributed by atoms with van der Waals surface area (Å²) in [4.78, 5) is 29.9. The molecule has 2 N–H and O–H groups in total. The lowest BCUT2D eigenvalue weighted by Crippen LogP contribution is -2.46. The minimum Gasteiger partial charge on any atom is -0.459 e. The average Bonchev–Trinajstić information content (AvgIpc) is 3.36. The summed E-state index contributed by atoms with van der Waals surface area (Å²) in [5.41, 5.74) is 3.78. The maximum atomic E-state index is 12.8. The average molecular weight is 433 g/mol. The molecule has 1 aromatic heterocycles. The molecule has 1 aliphatic heterocycles. The Balaban J connectivity index is 1.40. The largest absolute Gasteiger partial charge is 0.459 e. The molecular formula is C25H28N4O3. The van der Waals surface area contributed by atoms with Gasteiger partial charge in [0.05, 0.1) is 6.26 Å². The number of nitrogens with zero attached hydrogens (tertiary/aromatic N) is 2. The summed E-state index contributed by atoms with van der Waals surface area (Å²) in [5, 5.41) is 5.74. The summed E-state index contributed by atoms with van der Waals surface area (Å²) in [6.45, 7) is 9.31. The number of hydrogen-bond acceptors (Lipinski definition) is 5. The summed E-state index contributed by atoms with van der Waals surface area (Å²) in [7, 11) is 0. The first kappa shape index (κ1) is 21.6. The van der Waals surface area contributed by atoms with Gasteiger partial charge in [0, 0.05) is 48.8 Å². The molecule has 0 radical (unpaired) electrons. The predicted octanol–water partition coefficient (Wildman–Crippen LogP) is 4.23. The summed E-state index contributed by atoms with van der Waals surface area (Å²) < 4.78 is 5.13. The van der Waals surface area contributed by atoms with Crippen molar-refractivity contribution in [1.82, 2.24) is 4.90 Å². The zero-order chi connectivity index (χ0) is 22.5. The fraction of sp³-hybridized carbons (Fsp3) is 0.280. The number of aryl methyl sites for hydroxylation is 1. The summed E-state index contributed by atoms with van der Waals surface area (Å²) in [5.74, 6) is -0.371. The summed E-state index contributed by atoms with van der Waals surface area (Å²) in [6, 6.07) is 16.4. The van der Waals surface area contributed by atoms with Gasteiger partial charge in [0.15, 0.2) is 5.76 Å². The number of amides is 2. The minimum absolute atomic E-state index is 0.218. The van der Waals surface area contributed by atoms with E-state index in [2.05, 4.69) is 27.4 Å². The molecule has 1 aliphatic rings. The van der Waals surface area contributed by atoms with Gasteiger partial charge in [-0.15, -0.1) is 0 Å². The van der Waals surface area contributed by atoms with Gasteiger partial charge in [-0.1, -0.05) is 13.0 Å². The fourth-order valence-electron chi connectivity index (χ4n) is 3.77. The Morgan fingerprint density at radius 1 is 0.938 bits per heavy atom. The molecular weight excluding hydrogens is 404 g/mol. The summed E-state index contributed by atoms with van der Waals surface area (Å²) >= 11 is 0. The lowest BCUT2D eigenvalue weighted by atomic mass is 10.1. The number of furan rings is 1. The van der Waals surface area contributed by atoms with Crippen LogP contribution in [0, 0.1) is 6.92 Å². The van der Waals surface area contributed by atoms with Crippen molar-refractivity contribution in [2.45, 2.75) is 13.8 Å². The van der Waals surface area contributed by atoms with Crippen LogP contribution >= 0.6 is 0 Å². The van der Waals surface area contributed by atoms with E-state index >= 15 is 0 Å². The van der Waals surface area contributed by atoms with Crippen LogP contribution < -0.4 is 15.5 Å². The molecule has 1 fully saturated rings. The van der Waals surface area contributed by atoms with Crippen molar-refractivity contribution in [3.8, 4) is 0 Å². The van der Waals surface area contributed by atoms with E-state index in [1.807, 2.05) is 37.3 Å². The van der Waals surface area contributed by atoms with Gasteiger partial charge in [-0.25, -0.2) is 0 Å². The second-order valence-electron chi connectivity index (χ2n) is 7.88. The number of likely N-dealkylation sites (N-methyl/N-ethyl adjacent to an activating group) is 1. The lowest BCUT2D eigenvalue weighted by molar-refractivity contribution is 0.0993. The van der Waals surface area contributed by atoms with Crippen molar-refractivity contribution in [3.05, 3.63) is 77.7 Å². The number of anilines is 3. The van der Waals surface area contributed by atoms with Crippen molar-refractivity contribution >= 4 is 28.9 Å². The van der Waals surface area contributed by atoms with E-state index in [0.717, 1.165) is 49.7 Å². The smallest absolute Gasteiger partial charge is 0.291 e. The topological polar surface area (TPSA) is 77.8 Å². The highest BCUT2D eigenvalue weighted by Crippen LogP contribution is 2.22. The van der Waals surface area contributed by atoms with E-state index in [0.29, 0.717) is 11.3 Å². The molecule has 0 spiro atoms. The third kappa shape index (κ3) is 5.00. The maximum Gasteiger partial charge on any atom is 0.291 e. The highest BCUT2D eigenvalue weighted by molar-refractivity contribution is 6.07. The zero-order valence-corrected chi connectivity index (χ0v) is 18.4. The molecule has 2 amide bonds. The van der Waals surface area contributed by atoms with E-state index in [4.69, 9.17) is 4.42 Å². The van der Waals surface area contributed by atoms with Crippen LogP contribution in [-0.2, 0) is 0 Å². The Hall–Kier alpha value is -3.58. The van der Waals surface area contributed by atoms with Crippen molar-refractivity contribution in [2.24, 2.45) is 0 Å². The van der Waals surface area contributed by atoms with Crippen molar-refractivity contribution in [3.63, 3.8) is 0 Å². The van der Waals surface area contributed by atoms with Crippen LogP contribution in [-0.4, -0.2) is 49.4 Å². The molecule has 2 heterocycles. The molecule has 32 heavy (non-hydrogen) atoms. The molecule has 7 heteroatoms. The Bertz CT molecular complexity index is 1070. The molecule has 3 aromatic rings. The number of hydrogen-bond donors (Lipinski definition) is 2. The molecule has 1 saturated heterocycles. The number of carbonyl (C=O) groups excluding carboxylic acids is 2. The van der Waals surface area contributed by atoms with Crippen LogP contribution in [0.5, 0.6) is 0 Å². The minimum atomic E-state index is -0.356. The molecule has 0 saturated carbocycles. The molecule has 7 nitrogen and oxygen atoms in total. The maximum absolute atomic E-state index is 12.8. The number of nitrogens with one attached hydrogen (secondary N) is 2. The van der Waals surface area contributed by atoms with E-state index in [1.165, 1.54) is 6.26 Å². The van der Waals surface area contributed by atoms with E-state index in [-0.39, 0.29) is 17.6 Å². The van der Waals surface area contributed by atoms with Gasteiger partial charge >= 0.3 is 0 Å². The third-order valence-corrected chi connectivity index (χ3v) is 5.80. The van der Waals surface area contributed by atoms with Crippen LogP contribution in [0.4, 0.5) is 17.1 Å². The van der Waals surface area contributed by atoms with Gasteiger partial charge in [0.25, 0.3) is 11.8 Å². The van der Waals surface area contributed by atoms with Crippen LogP contribution in [0.3, 0.4) is 0 Å². The summed E-state index contributed by atoms with van der Waals surface area (Å²) in [6.07, 6.45) is 1.45. The number of benzene rings is 2.